The molecule has 17 heavy (non-hydrogen) atoms. The lowest BCUT2D eigenvalue weighted by Crippen LogP contribution is -2.00. The highest BCUT2D eigenvalue weighted by atomic mass is 15.2. The van der Waals surface area contributed by atoms with Crippen molar-refractivity contribution in [3.63, 3.8) is 0 Å². The molecule has 0 amide bonds. The van der Waals surface area contributed by atoms with Gasteiger partial charge in [-0.15, -0.1) is 0 Å². The van der Waals surface area contributed by atoms with Crippen molar-refractivity contribution in [3.8, 4) is 11.3 Å². The lowest BCUT2D eigenvalue weighted by Gasteiger charge is -2.03. The molecule has 3 rings (SSSR count). The molecule has 1 fully saturated rings. The molecule has 0 radical (unpaired) electrons. The number of hydrogen-bond donors (Lipinski definition) is 2. The lowest BCUT2D eigenvalue weighted by atomic mass is 10.0. The molecule has 3 heteroatoms. The van der Waals surface area contributed by atoms with E-state index >= 15 is 0 Å². The van der Waals surface area contributed by atoms with Gasteiger partial charge in [-0.3, -0.25) is 5.10 Å². The highest BCUT2D eigenvalue weighted by molar-refractivity contribution is 5.67. The highest BCUT2D eigenvalue weighted by Gasteiger charge is 2.21. The molecule has 0 bridgehead atoms. The van der Waals surface area contributed by atoms with Gasteiger partial charge in [0.25, 0.3) is 0 Å². The zero-order valence-corrected chi connectivity index (χ0v) is 10.2. The molecular formula is C14H17N3. The van der Waals surface area contributed by atoms with Crippen molar-refractivity contribution >= 4 is 5.82 Å². The summed E-state index contributed by atoms with van der Waals surface area (Å²) in [6, 6.07) is 9.23. The number of benzene rings is 1. The quantitative estimate of drug-likeness (QED) is 0.845. The van der Waals surface area contributed by atoms with Gasteiger partial charge in [0.2, 0.25) is 0 Å². The molecule has 1 heterocycles. The van der Waals surface area contributed by atoms with Gasteiger partial charge >= 0.3 is 0 Å². The topological polar surface area (TPSA) is 40.7 Å². The third-order valence-electron chi connectivity index (χ3n) is 3.19. The van der Waals surface area contributed by atoms with Crippen LogP contribution in [-0.2, 0) is 0 Å². The molecule has 1 saturated carbocycles. The van der Waals surface area contributed by atoms with Gasteiger partial charge in [-0.1, -0.05) is 17.7 Å². The number of nitrogens with one attached hydrogen (secondary N) is 2. The van der Waals surface area contributed by atoms with Gasteiger partial charge in [-0.25, -0.2) is 0 Å². The van der Waals surface area contributed by atoms with Gasteiger partial charge in [0.1, 0.15) is 5.82 Å². The van der Waals surface area contributed by atoms with Crippen molar-refractivity contribution in [1.29, 1.82) is 0 Å². The summed E-state index contributed by atoms with van der Waals surface area (Å²) in [5.41, 5.74) is 4.88. The number of aromatic nitrogens is 2. The first-order valence-corrected chi connectivity index (χ1v) is 6.12. The summed E-state index contributed by atoms with van der Waals surface area (Å²) >= 11 is 0. The fourth-order valence-corrected chi connectivity index (χ4v) is 2.00. The largest absolute Gasteiger partial charge is 0.366 e. The Kier molecular flexibility index (Phi) is 2.39. The van der Waals surface area contributed by atoms with E-state index in [2.05, 4.69) is 53.6 Å². The van der Waals surface area contributed by atoms with Crippen LogP contribution < -0.4 is 5.32 Å². The van der Waals surface area contributed by atoms with E-state index in [-0.39, 0.29) is 0 Å². The molecule has 2 N–H and O–H groups in total. The molecule has 88 valence electrons. The van der Waals surface area contributed by atoms with Crippen LogP contribution in [0.4, 0.5) is 5.82 Å². The average Bonchev–Trinajstić information content (AvgIpc) is 2.99. The average molecular weight is 227 g/mol. The van der Waals surface area contributed by atoms with Crippen molar-refractivity contribution in [1.82, 2.24) is 10.2 Å². The third kappa shape index (κ3) is 2.18. The molecule has 1 aromatic carbocycles. The van der Waals surface area contributed by atoms with Crippen LogP contribution in [0.25, 0.3) is 11.3 Å². The first kappa shape index (κ1) is 10.4. The molecule has 0 atom stereocenters. The van der Waals surface area contributed by atoms with E-state index in [4.69, 9.17) is 0 Å². The maximum absolute atomic E-state index is 4.31. The van der Waals surface area contributed by atoms with Gasteiger partial charge in [0.15, 0.2) is 0 Å². The first-order valence-electron chi connectivity index (χ1n) is 6.12. The minimum absolute atomic E-state index is 0.643. The third-order valence-corrected chi connectivity index (χ3v) is 3.19. The molecule has 1 aliphatic rings. The number of nitrogens with zero attached hydrogens (tertiary/aromatic N) is 1. The summed E-state index contributed by atoms with van der Waals surface area (Å²) in [5, 5.41) is 10.8. The summed E-state index contributed by atoms with van der Waals surface area (Å²) in [6.45, 7) is 4.24. The molecule has 1 aromatic heterocycles. The summed E-state index contributed by atoms with van der Waals surface area (Å²) in [6.07, 6.45) is 2.54. The summed E-state index contributed by atoms with van der Waals surface area (Å²) in [4.78, 5) is 0. The maximum Gasteiger partial charge on any atom is 0.148 e. The van der Waals surface area contributed by atoms with E-state index in [9.17, 15) is 0 Å². The van der Waals surface area contributed by atoms with E-state index in [1.165, 1.54) is 29.5 Å². The van der Waals surface area contributed by atoms with Crippen LogP contribution in [0.15, 0.2) is 24.3 Å². The molecule has 0 unspecified atom stereocenters. The zero-order valence-electron chi connectivity index (χ0n) is 10.2. The molecular weight excluding hydrogens is 210 g/mol. The smallest absolute Gasteiger partial charge is 0.148 e. The number of H-pyrrole nitrogens is 1. The van der Waals surface area contributed by atoms with Crippen molar-refractivity contribution < 1.29 is 0 Å². The predicted molar refractivity (Wildman–Crippen MR) is 70.1 cm³/mol. The first-order chi connectivity index (χ1) is 8.22. The lowest BCUT2D eigenvalue weighted by molar-refractivity contribution is 1.05. The Morgan fingerprint density at radius 2 is 2.06 bits per heavy atom. The second-order valence-corrected chi connectivity index (χ2v) is 4.90. The summed E-state index contributed by atoms with van der Waals surface area (Å²) in [5.74, 6) is 0.961. The Bertz CT molecular complexity index is 538. The van der Waals surface area contributed by atoms with Crippen LogP contribution in [0.2, 0.25) is 0 Å². The Morgan fingerprint density at radius 3 is 2.82 bits per heavy atom. The normalized spacial score (nSPS) is 14.9. The number of anilines is 1. The molecule has 0 saturated heterocycles. The van der Waals surface area contributed by atoms with Gasteiger partial charge in [-0.05, 0) is 38.3 Å². The zero-order chi connectivity index (χ0) is 11.8. The van der Waals surface area contributed by atoms with Gasteiger partial charge in [-0.2, -0.15) is 5.10 Å². The van der Waals surface area contributed by atoms with Crippen LogP contribution in [0.5, 0.6) is 0 Å². The van der Waals surface area contributed by atoms with Crippen molar-refractivity contribution in [3.05, 3.63) is 35.4 Å². The fraction of sp³-hybridized carbons (Fsp3) is 0.357. The molecule has 2 aromatic rings. The van der Waals surface area contributed by atoms with Crippen molar-refractivity contribution in [2.24, 2.45) is 0 Å². The van der Waals surface area contributed by atoms with Crippen LogP contribution >= 0.6 is 0 Å². The minimum atomic E-state index is 0.643. The summed E-state index contributed by atoms with van der Waals surface area (Å²) < 4.78 is 0. The van der Waals surface area contributed by atoms with E-state index in [0.29, 0.717) is 6.04 Å². The van der Waals surface area contributed by atoms with E-state index in [1.54, 1.807) is 0 Å². The Morgan fingerprint density at radius 1 is 1.24 bits per heavy atom. The molecule has 1 aliphatic carbocycles. The van der Waals surface area contributed by atoms with Crippen LogP contribution in [0.3, 0.4) is 0 Å². The molecule has 0 aliphatic heterocycles. The standard InChI is InChI=1S/C14H17N3/c1-9-3-4-10(2)12(7-9)13-8-14(17-16-13)15-11-5-6-11/h3-4,7-8,11H,5-6H2,1-2H3,(H2,15,16,17). The minimum Gasteiger partial charge on any atom is -0.366 e. The highest BCUT2D eigenvalue weighted by Crippen LogP contribution is 2.27. The van der Waals surface area contributed by atoms with Crippen molar-refractivity contribution in [2.45, 2.75) is 32.7 Å². The Hall–Kier alpha value is -1.77. The van der Waals surface area contributed by atoms with Crippen LogP contribution in [0, 0.1) is 13.8 Å². The number of hydrogen-bond acceptors (Lipinski definition) is 2. The maximum atomic E-state index is 4.31. The molecule has 0 spiro atoms. The Labute approximate surface area is 101 Å². The van der Waals surface area contributed by atoms with Gasteiger partial charge in [0, 0.05) is 17.7 Å². The van der Waals surface area contributed by atoms with Crippen molar-refractivity contribution in [2.75, 3.05) is 5.32 Å². The SMILES string of the molecule is Cc1ccc(C)c(-c2cc(NC3CC3)n[nH]2)c1. The van der Waals surface area contributed by atoms with E-state index < -0.39 is 0 Å². The van der Waals surface area contributed by atoms with Crippen LogP contribution in [-0.4, -0.2) is 16.2 Å². The number of aryl methyl sites for hydroxylation is 2. The number of rotatable bonds is 3. The van der Waals surface area contributed by atoms with E-state index in [1.807, 2.05) is 0 Å². The van der Waals surface area contributed by atoms with Gasteiger partial charge < -0.3 is 5.32 Å². The second kappa shape index (κ2) is 3.91. The van der Waals surface area contributed by atoms with E-state index in [0.717, 1.165) is 11.5 Å². The second-order valence-electron chi connectivity index (χ2n) is 4.90. The predicted octanol–water partition coefficient (Wildman–Crippen LogP) is 3.27. The fourth-order valence-electron chi connectivity index (χ4n) is 2.00. The van der Waals surface area contributed by atoms with Gasteiger partial charge in [0.05, 0.1) is 5.69 Å². The Balaban J connectivity index is 1.91. The van der Waals surface area contributed by atoms with Crippen LogP contribution in [0.1, 0.15) is 24.0 Å². The monoisotopic (exact) mass is 227 g/mol. The molecule has 3 nitrogen and oxygen atoms in total. The number of aromatic amines is 1. The summed E-state index contributed by atoms with van der Waals surface area (Å²) in [7, 11) is 0.